The average Bonchev–Trinajstić information content (AvgIpc) is 3.29. The molecule has 0 bridgehead atoms. The van der Waals surface area contributed by atoms with Crippen molar-refractivity contribution in [3.8, 4) is 11.5 Å². The third-order valence-corrected chi connectivity index (χ3v) is 5.96. The summed E-state index contributed by atoms with van der Waals surface area (Å²) in [5, 5.41) is 0.875. The lowest BCUT2D eigenvalue weighted by molar-refractivity contribution is 0.0848. The molecule has 1 aromatic carbocycles. The second-order valence-corrected chi connectivity index (χ2v) is 9.09. The molecule has 3 heterocycles. The highest BCUT2D eigenvalue weighted by atomic mass is 32.1. The van der Waals surface area contributed by atoms with Crippen molar-refractivity contribution in [2.45, 2.75) is 40.0 Å². The van der Waals surface area contributed by atoms with Gasteiger partial charge in [0.25, 0.3) is 11.8 Å². The summed E-state index contributed by atoms with van der Waals surface area (Å²) in [4.78, 5) is 35.7. The zero-order valence-corrected chi connectivity index (χ0v) is 18.2. The average molecular weight is 426 g/mol. The van der Waals surface area contributed by atoms with Crippen LogP contribution in [0.25, 0.3) is 10.2 Å². The lowest BCUT2D eigenvalue weighted by Crippen LogP contribution is -2.41. The Morgan fingerprint density at radius 1 is 1.03 bits per heavy atom. The molecule has 30 heavy (non-hydrogen) atoms. The maximum Gasteiger partial charge on any atom is 0.280 e. The number of hydrogen-bond donors (Lipinski definition) is 2. The monoisotopic (exact) mass is 426 g/mol. The number of ether oxygens (including phenoxy) is 2. The van der Waals surface area contributed by atoms with Gasteiger partial charge in [0.2, 0.25) is 6.79 Å². The van der Waals surface area contributed by atoms with Crippen LogP contribution in [0.3, 0.4) is 0 Å². The Balaban J connectivity index is 1.54. The SMILES string of the molecule is Cc1nc(C(C)(C)C)nc2sc(C(=O)NNC(=O)c3ccc4c(c3)OCO4)c(C)c12. The van der Waals surface area contributed by atoms with Gasteiger partial charge in [0.15, 0.2) is 11.5 Å². The molecule has 2 amide bonds. The van der Waals surface area contributed by atoms with Gasteiger partial charge in [-0.1, -0.05) is 20.8 Å². The van der Waals surface area contributed by atoms with Crippen LogP contribution >= 0.6 is 11.3 Å². The summed E-state index contributed by atoms with van der Waals surface area (Å²) in [5.74, 6) is 0.963. The lowest BCUT2D eigenvalue weighted by atomic mass is 9.95. The van der Waals surface area contributed by atoms with Crippen molar-refractivity contribution in [2.24, 2.45) is 0 Å². The van der Waals surface area contributed by atoms with Crippen LogP contribution in [-0.4, -0.2) is 28.6 Å². The Bertz CT molecular complexity index is 1180. The van der Waals surface area contributed by atoms with Crippen LogP contribution in [0.15, 0.2) is 18.2 Å². The van der Waals surface area contributed by atoms with Gasteiger partial charge in [0, 0.05) is 16.4 Å². The van der Waals surface area contributed by atoms with Gasteiger partial charge in [-0.05, 0) is 37.6 Å². The van der Waals surface area contributed by atoms with E-state index in [1.807, 2.05) is 34.6 Å². The number of carbonyl (C=O) groups excluding carboxylic acids is 2. The Hall–Kier alpha value is -3.20. The van der Waals surface area contributed by atoms with Crippen LogP contribution in [0.2, 0.25) is 0 Å². The van der Waals surface area contributed by atoms with Crippen molar-refractivity contribution in [3.05, 3.63) is 45.7 Å². The van der Waals surface area contributed by atoms with Crippen LogP contribution in [-0.2, 0) is 5.41 Å². The molecular weight excluding hydrogens is 404 g/mol. The smallest absolute Gasteiger partial charge is 0.280 e. The molecule has 3 aromatic rings. The van der Waals surface area contributed by atoms with E-state index in [0.29, 0.717) is 21.9 Å². The number of benzene rings is 1. The van der Waals surface area contributed by atoms with Crippen molar-refractivity contribution in [1.29, 1.82) is 0 Å². The van der Waals surface area contributed by atoms with Gasteiger partial charge >= 0.3 is 0 Å². The number of hydrogen-bond acceptors (Lipinski definition) is 7. The van der Waals surface area contributed by atoms with E-state index < -0.39 is 11.8 Å². The third-order valence-electron chi connectivity index (χ3n) is 4.77. The molecule has 8 nitrogen and oxygen atoms in total. The summed E-state index contributed by atoms with van der Waals surface area (Å²) in [7, 11) is 0. The first kappa shape index (κ1) is 20.1. The van der Waals surface area contributed by atoms with Gasteiger partial charge in [-0.2, -0.15) is 0 Å². The summed E-state index contributed by atoms with van der Waals surface area (Å²) in [5.41, 5.74) is 6.71. The molecule has 0 aliphatic carbocycles. The van der Waals surface area contributed by atoms with Crippen LogP contribution in [0.5, 0.6) is 11.5 Å². The first-order valence-electron chi connectivity index (χ1n) is 9.43. The summed E-state index contributed by atoms with van der Waals surface area (Å²) in [6, 6.07) is 4.83. The largest absolute Gasteiger partial charge is 0.454 e. The predicted octanol–water partition coefficient (Wildman–Crippen LogP) is 3.41. The number of aromatic nitrogens is 2. The highest BCUT2D eigenvalue weighted by Gasteiger charge is 2.24. The zero-order chi connectivity index (χ0) is 21.6. The molecule has 1 aliphatic heterocycles. The van der Waals surface area contributed by atoms with Crippen molar-refractivity contribution < 1.29 is 19.1 Å². The van der Waals surface area contributed by atoms with Gasteiger partial charge in [-0.3, -0.25) is 20.4 Å². The van der Waals surface area contributed by atoms with Crippen LogP contribution in [0, 0.1) is 13.8 Å². The topological polar surface area (TPSA) is 102 Å². The van der Waals surface area contributed by atoms with Crippen molar-refractivity contribution in [3.63, 3.8) is 0 Å². The van der Waals surface area contributed by atoms with Gasteiger partial charge in [-0.15, -0.1) is 11.3 Å². The molecule has 156 valence electrons. The van der Waals surface area contributed by atoms with E-state index in [2.05, 4.69) is 20.8 Å². The first-order chi connectivity index (χ1) is 14.1. The van der Waals surface area contributed by atoms with E-state index in [4.69, 9.17) is 9.47 Å². The van der Waals surface area contributed by atoms with Gasteiger partial charge in [0.05, 0.1) is 10.6 Å². The van der Waals surface area contributed by atoms with E-state index >= 15 is 0 Å². The van der Waals surface area contributed by atoms with Crippen LogP contribution in [0.1, 0.15) is 57.9 Å². The van der Waals surface area contributed by atoms with E-state index in [1.54, 1.807) is 18.2 Å². The molecule has 9 heteroatoms. The Morgan fingerprint density at radius 3 is 2.47 bits per heavy atom. The fourth-order valence-corrected chi connectivity index (χ4v) is 4.30. The zero-order valence-electron chi connectivity index (χ0n) is 17.4. The molecule has 2 aromatic heterocycles. The number of thiophene rings is 1. The minimum Gasteiger partial charge on any atom is -0.454 e. The maximum atomic E-state index is 12.7. The number of rotatable bonds is 2. The van der Waals surface area contributed by atoms with Crippen LogP contribution < -0.4 is 20.3 Å². The second kappa shape index (κ2) is 7.24. The predicted molar refractivity (Wildman–Crippen MR) is 113 cm³/mol. The minimum atomic E-state index is -0.452. The van der Waals surface area contributed by atoms with E-state index in [-0.39, 0.29) is 12.2 Å². The Labute approximate surface area is 177 Å². The van der Waals surface area contributed by atoms with E-state index in [0.717, 1.165) is 27.3 Å². The standard InChI is InChI=1S/C21H22N4O4S/c1-10-15-11(2)22-20(21(3,4)5)23-19(15)30-16(10)18(27)25-24-17(26)12-6-7-13-14(8-12)29-9-28-13/h6-8H,9H2,1-5H3,(H,24,26)(H,25,27). The number of nitrogens with zero attached hydrogens (tertiary/aromatic N) is 2. The number of nitrogens with one attached hydrogen (secondary N) is 2. The third kappa shape index (κ3) is 3.56. The Morgan fingerprint density at radius 2 is 1.73 bits per heavy atom. The molecule has 0 spiro atoms. The first-order valence-corrected chi connectivity index (χ1v) is 10.3. The van der Waals surface area contributed by atoms with E-state index in [9.17, 15) is 9.59 Å². The van der Waals surface area contributed by atoms with Crippen molar-refractivity contribution in [2.75, 3.05) is 6.79 Å². The highest BCUT2D eigenvalue weighted by molar-refractivity contribution is 7.20. The van der Waals surface area contributed by atoms with Gasteiger partial charge in [0.1, 0.15) is 10.7 Å². The number of fused-ring (bicyclic) bond motifs is 2. The summed E-state index contributed by atoms with van der Waals surface area (Å²) in [6.45, 7) is 10.1. The van der Waals surface area contributed by atoms with Crippen molar-refractivity contribution >= 4 is 33.4 Å². The molecule has 0 atom stereocenters. The Kier molecular flexibility index (Phi) is 4.85. The lowest BCUT2D eigenvalue weighted by Gasteiger charge is -2.16. The molecule has 0 radical (unpaired) electrons. The molecule has 0 fully saturated rings. The summed E-state index contributed by atoms with van der Waals surface area (Å²) >= 11 is 1.29. The molecular formula is C21H22N4O4S. The van der Waals surface area contributed by atoms with Gasteiger partial charge in [-0.25, -0.2) is 9.97 Å². The molecule has 0 saturated carbocycles. The molecule has 4 rings (SSSR count). The minimum absolute atomic E-state index is 0.127. The number of aryl methyl sites for hydroxylation is 2. The maximum absolute atomic E-state index is 12.7. The van der Waals surface area contributed by atoms with E-state index in [1.165, 1.54) is 11.3 Å². The van der Waals surface area contributed by atoms with Crippen LogP contribution in [0.4, 0.5) is 0 Å². The normalized spacial score (nSPS) is 12.8. The number of carbonyl (C=O) groups is 2. The molecule has 2 N–H and O–H groups in total. The highest BCUT2D eigenvalue weighted by Crippen LogP contribution is 2.34. The van der Waals surface area contributed by atoms with Gasteiger partial charge < -0.3 is 9.47 Å². The fraction of sp³-hybridized carbons (Fsp3) is 0.333. The second-order valence-electron chi connectivity index (χ2n) is 8.10. The number of hydrazine groups is 1. The number of amides is 2. The summed E-state index contributed by atoms with van der Waals surface area (Å²) < 4.78 is 10.5. The molecule has 1 aliphatic rings. The van der Waals surface area contributed by atoms with Crippen molar-refractivity contribution in [1.82, 2.24) is 20.8 Å². The molecule has 0 unspecified atom stereocenters. The molecule has 0 saturated heterocycles. The fourth-order valence-electron chi connectivity index (χ4n) is 3.17. The summed E-state index contributed by atoms with van der Waals surface area (Å²) in [6.07, 6.45) is 0. The quantitative estimate of drug-likeness (QED) is 0.609.